The van der Waals surface area contributed by atoms with Crippen LogP contribution in [0.25, 0.3) is 0 Å². The Hall–Kier alpha value is -0.220. The van der Waals surface area contributed by atoms with E-state index in [9.17, 15) is 9.90 Å². The normalized spacial score (nSPS) is 20.3. The van der Waals surface area contributed by atoms with Gasteiger partial charge in [-0.05, 0) is 12.7 Å². The lowest BCUT2D eigenvalue weighted by Gasteiger charge is -2.35. The lowest BCUT2D eigenvalue weighted by atomic mass is 9.99. The van der Waals surface area contributed by atoms with Gasteiger partial charge in [0.15, 0.2) is 0 Å². The molecule has 1 heterocycles. The number of esters is 1. The molecule has 0 amide bonds. The highest BCUT2D eigenvalue weighted by atomic mass is 32.2. The van der Waals surface area contributed by atoms with Crippen molar-refractivity contribution in [2.24, 2.45) is 0 Å². The number of thioether (sulfide) groups is 1. The summed E-state index contributed by atoms with van der Waals surface area (Å²) in [5.74, 6) is -0.119. The van der Waals surface area contributed by atoms with Crippen LogP contribution in [0.1, 0.15) is 116 Å². The zero-order chi connectivity index (χ0) is 19.7. The Bertz CT molecular complexity index is 362. The van der Waals surface area contributed by atoms with Crippen LogP contribution in [-0.4, -0.2) is 34.8 Å². The number of hydrogen-bond donors (Lipinski definition) is 1. The highest BCUT2D eigenvalue weighted by Gasteiger charge is 2.42. The van der Waals surface area contributed by atoms with Gasteiger partial charge in [0.1, 0.15) is 11.4 Å². The molecule has 4 heteroatoms. The van der Waals surface area contributed by atoms with Crippen LogP contribution < -0.4 is 0 Å². The van der Waals surface area contributed by atoms with Crippen molar-refractivity contribution in [2.45, 2.75) is 134 Å². The van der Waals surface area contributed by atoms with Gasteiger partial charge in [-0.1, -0.05) is 103 Å². The molecule has 0 aliphatic carbocycles. The van der Waals surface area contributed by atoms with Crippen molar-refractivity contribution in [1.82, 2.24) is 0 Å². The molecule has 1 aliphatic heterocycles. The summed E-state index contributed by atoms with van der Waals surface area (Å²) in [6, 6.07) is 0. The van der Waals surface area contributed by atoms with Gasteiger partial charge in [0.25, 0.3) is 0 Å². The molecular weight excluding hydrogens is 356 g/mol. The van der Waals surface area contributed by atoms with E-state index in [1.54, 1.807) is 0 Å². The number of cyclic esters (lactones) is 1. The summed E-state index contributed by atoms with van der Waals surface area (Å²) in [5.41, 5.74) is 0. The summed E-state index contributed by atoms with van der Waals surface area (Å²) in [6.07, 6.45) is 23.4. The number of aliphatic hydroxyl groups is 1. The molecule has 160 valence electrons. The monoisotopic (exact) mass is 400 g/mol. The minimum atomic E-state index is -0.320. The van der Waals surface area contributed by atoms with Gasteiger partial charge in [0, 0.05) is 6.42 Å². The predicted molar refractivity (Wildman–Crippen MR) is 117 cm³/mol. The summed E-state index contributed by atoms with van der Waals surface area (Å²) in [6.45, 7) is 2.28. The summed E-state index contributed by atoms with van der Waals surface area (Å²) in [7, 11) is 0. The number of carbonyl (C=O) groups is 1. The van der Waals surface area contributed by atoms with E-state index >= 15 is 0 Å². The van der Waals surface area contributed by atoms with Crippen LogP contribution in [-0.2, 0) is 9.53 Å². The quantitative estimate of drug-likeness (QED) is 0.195. The van der Waals surface area contributed by atoms with Crippen molar-refractivity contribution in [2.75, 3.05) is 6.26 Å². The lowest BCUT2D eigenvalue weighted by Crippen LogP contribution is -2.49. The maximum atomic E-state index is 11.2. The first-order chi connectivity index (χ1) is 13.2. The fourth-order valence-corrected chi connectivity index (χ4v) is 4.63. The maximum Gasteiger partial charge on any atom is 0.323 e. The number of rotatable bonds is 19. The zero-order valence-corrected chi connectivity index (χ0v) is 18.7. The molecule has 0 aromatic carbocycles. The van der Waals surface area contributed by atoms with E-state index in [-0.39, 0.29) is 23.4 Å². The average Bonchev–Trinajstić information content (AvgIpc) is 2.64. The summed E-state index contributed by atoms with van der Waals surface area (Å²) >= 11 is 1.53. The van der Waals surface area contributed by atoms with Crippen molar-refractivity contribution in [1.29, 1.82) is 0 Å². The molecule has 3 nitrogen and oxygen atoms in total. The first-order valence-corrected chi connectivity index (χ1v) is 12.9. The van der Waals surface area contributed by atoms with Crippen LogP contribution in [0.15, 0.2) is 0 Å². The van der Waals surface area contributed by atoms with Crippen LogP contribution in [0.2, 0.25) is 0 Å². The van der Waals surface area contributed by atoms with E-state index in [0.29, 0.717) is 6.42 Å². The smallest absolute Gasteiger partial charge is 0.323 e. The summed E-state index contributed by atoms with van der Waals surface area (Å²) in [5, 5.41) is 10.0. The largest absolute Gasteiger partial charge is 0.460 e. The molecule has 1 unspecified atom stereocenters. The van der Waals surface area contributed by atoms with Crippen molar-refractivity contribution >= 4 is 17.7 Å². The molecular formula is C23H44O3S. The Morgan fingerprint density at radius 1 is 0.852 bits per heavy atom. The third-order valence-corrected chi connectivity index (χ3v) is 6.74. The van der Waals surface area contributed by atoms with Gasteiger partial charge < -0.3 is 9.84 Å². The molecule has 1 rings (SSSR count). The summed E-state index contributed by atoms with van der Waals surface area (Å²) in [4.78, 5) is 11.2. The van der Waals surface area contributed by atoms with Gasteiger partial charge in [-0.2, -0.15) is 0 Å². The zero-order valence-electron chi connectivity index (χ0n) is 17.9. The summed E-state index contributed by atoms with van der Waals surface area (Å²) < 4.78 is 5.12. The van der Waals surface area contributed by atoms with Crippen molar-refractivity contribution < 1.29 is 14.6 Å². The lowest BCUT2D eigenvalue weighted by molar-refractivity contribution is -0.169. The number of unbranched alkanes of at least 4 members (excludes halogenated alkanes) is 14. The Balaban J connectivity index is 1.77. The second-order valence-electron chi connectivity index (χ2n) is 8.26. The number of ether oxygens (including phenoxy) is 1. The SMILES string of the molecule is CCCCCCCCCCCCCCCCCC(O)C[C@H]1OC(=O)[C@H]1SC. The molecule has 0 aromatic rings. The van der Waals surface area contributed by atoms with Crippen LogP contribution in [0, 0.1) is 0 Å². The van der Waals surface area contributed by atoms with E-state index in [4.69, 9.17) is 4.74 Å². The van der Waals surface area contributed by atoms with E-state index in [1.807, 2.05) is 6.26 Å². The second-order valence-corrected chi connectivity index (χ2v) is 9.24. The van der Waals surface area contributed by atoms with Gasteiger partial charge >= 0.3 is 5.97 Å². The molecule has 0 bridgehead atoms. The van der Waals surface area contributed by atoms with Gasteiger partial charge in [0.05, 0.1) is 6.10 Å². The minimum absolute atomic E-state index is 0.0549. The highest BCUT2D eigenvalue weighted by molar-refractivity contribution is 8.00. The molecule has 3 atom stereocenters. The van der Waals surface area contributed by atoms with E-state index in [2.05, 4.69) is 6.92 Å². The second kappa shape index (κ2) is 16.7. The molecule has 0 aromatic heterocycles. The average molecular weight is 401 g/mol. The molecule has 1 fully saturated rings. The highest BCUT2D eigenvalue weighted by Crippen LogP contribution is 2.29. The number of hydrogen-bond acceptors (Lipinski definition) is 4. The Labute approximate surface area is 172 Å². The van der Waals surface area contributed by atoms with Crippen LogP contribution >= 0.6 is 11.8 Å². The van der Waals surface area contributed by atoms with E-state index < -0.39 is 0 Å². The standard InChI is InChI=1S/C23H44O3S/c1-3-4-5-6-7-8-9-10-11-12-13-14-15-16-17-18-20(24)19-21-22(27-2)23(25)26-21/h20-22,24H,3-19H2,1-2H3/t20?,21-,22+/m1/s1. The third kappa shape index (κ3) is 12.1. The van der Waals surface area contributed by atoms with Crippen molar-refractivity contribution in [3.63, 3.8) is 0 Å². The third-order valence-electron chi connectivity index (χ3n) is 5.74. The first kappa shape index (κ1) is 24.8. The Kier molecular flexibility index (Phi) is 15.4. The number of aliphatic hydroxyl groups excluding tert-OH is 1. The molecule has 1 saturated heterocycles. The Morgan fingerprint density at radius 2 is 1.30 bits per heavy atom. The van der Waals surface area contributed by atoms with Gasteiger partial charge in [-0.15, -0.1) is 11.8 Å². The molecule has 27 heavy (non-hydrogen) atoms. The molecule has 1 N–H and O–H groups in total. The van der Waals surface area contributed by atoms with Crippen LogP contribution in [0.5, 0.6) is 0 Å². The van der Waals surface area contributed by atoms with Crippen LogP contribution in [0.3, 0.4) is 0 Å². The fourth-order valence-electron chi connectivity index (χ4n) is 3.91. The van der Waals surface area contributed by atoms with Crippen LogP contribution in [0.4, 0.5) is 0 Å². The van der Waals surface area contributed by atoms with E-state index in [1.165, 1.54) is 102 Å². The minimum Gasteiger partial charge on any atom is -0.460 e. The van der Waals surface area contributed by atoms with Gasteiger partial charge in [-0.3, -0.25) is 4.79 Å². The van der Waals surface area contributed by atoms with Crippen molar-refractivity contribution in [3.8, 4) is 0 Å². The predicted octanol–water partition coefficient (Wildman–Crippen LogP) is 6.66. The first-order valence-electron chi connectivity index (χ1n) is 11.6. The fraction of sp³-hybridized carbons (Fsp3) is 0.957. The van der Waals surface area contributed by atoms with E-state index in [0.717, 1.165) is 12.8 Å². The Morgan fingerprint density at radius 3 is 1.70 bits per heavy atom. The topological polar surface area (TPSA) is 46.5 Å². The van der Waals surface area contributed by atoms with Gasteiger partial charge in [-0.25, -0.2) is 0 Å². The molecule has 1 aliphatic rings. The van der Waals surface area contributed by atoms with Crippen molar-refractivity contribution in [3.05, 3.63) is 0 Å². The number of carbonyl (C=O) groups excluding carboxylic acids is 1. The van der Waals surface area contributed by atoms with Gasteiger partial charge in [0.2, 0.25) is 0 Å². The molecule has 0 saturated carbocycles. The molecule has 0 spiro atoms. The maximum absolute atomic E-state index is 11.2. The molecule has 0 radical (unpaired) electrons.